The molecule has 0 radical (unpaired) electrons. The van der Waals surface area contributed by atoms with Gasteiger partial charge in [-0.15, -0.1) is 0 Å². The van der Waals surface area contributed by atoms with E-state index in [0.717, 1.165) is 45.3 Å². The highest BCUT2D eigenvalue weighted by atomic mass is 16.2. The number of likely N-dealkylation sites (tertiary alicyclic amines) is 2. The van der Waals surface area contributed by atoms with Gasteiger partial charge in [0.1, 0.15) is 0 Å². The second-order valence-corrected chi connectivity index (χ2v) is 6.80. The van der Waals surface area contributed by atoms with Crippen LogP contribution in [-0.2, 0) is 9.59 Å². The molecule has 2 amide bonds. The van der Waals surface area contributed by atoms with E-state index in [1.54, 1.807) is 0 Å². The van der Waals surface area contributed by atoms with E-state index in [-0.39, 0.29) is 5.91 Å². The van der Waals surface area contributed by atoms with Crippen LogP contribution in [0.2, 0.25) is 0 Å². The van der Waals surface area contributed by atoms with Crippen LogP contribution in [0, 0.1) is 0 Å². The first-order valence-electron chi connectivity index (χ1n) is 8.42. The first kappa shape index (κ1) is 14.8. The summed E-state index contributed by atoms with van der Waals surface area (Å²) >= 11 is 0. The fourth-order valence-corrected chi connectivity index (χ4v) is 3.58. The molecule has 3 fully saturated rings. The Morgan fingerprint density at radius 3 is 2.67 bits per heavy atom. The number of rotatable bonds is 5. The van der Waals surface area contributed by atoms with Crippen molar-refractivity contribution < 1.29 is 9.59 Å². The molecule has 3 rings (SSSR count). The van der Waals surface area contributed by atoms with Crippen molar-refractivity contribution in [1.29, 1.82) is 0 Å². The van der Waals surface area contributed by atoms with Gasteiger partial charge in [-0.05, 0) is 38.6 Å². The highest BCUT2D eigenvalue weighted by Gasteiger charge is 2.33. The minimum Gasteiger partial charge on any atom is -0.342 e. The third kappa shape index (κ3) is 3.57. The van der Waals surface area contributed by atoms with Crippen LogP contribution in [0.25, 0.3) is 0 Å². The minimum atomic E-state index is 0.247. The molecule has 0 unspecified atom stereocenters. The molecule has 0 bridgehead atoms. The lowest BCUT2D eigenvalue weighted by molar-refractivity contribution is -0.133. The van der Waals surface area contributed by atoms with Gasteiger partial charge in [0.2, 0.25) is 11.8 Å². The highest BCUT2D eigenvalue weighted by Crippen LogP contribution is 2.26. The molecule has 1 aliphatic carbocycles. The van der Waals surface area contributed by atoms with Gasteiger partial charge in [0.05, 0.1) is 6.54 Å². The Morgan fingerprint density at radius 2 is 2.00 bits per heavy atom. The SMILES string of the molecule is CN(C(=O)CN1CCCC[C@@H]1CN1CCCC1=O)C1CC1. The summed E-state index contributed by atoms with van der Waals surface area (Å²) in [6.07, 6.45) is 7.53. The van der Waals surface area contributed by atoms with Crippen LogP contribution >= 0.6 is 0 Å². The summed E-state index contributed by atoms with van der Waals surface area (Å²) in [6.45, 7) is 3.25. The maximum absolute atomic E-state index is 12.3. The van der Waals surface area contributed by atoms with Gasteiger partial charge in [-0.1, -0.05) is 6.42 Å². The molecule has 0 aromatic rings. The molecule has 0 aromatic carbocycles. The third-order valence-electron chi connectivity index (χ3n) is 5.18. The molecular weight excluding hydrogens is 266 g/mol. The van der Waals surface area contributed by atoms with E-state index >= 15 is 0 Å². The quantitative estimate of drug-likeness (QED) is 0.762. The molecule has 1 atom stereocenters. The van der Waals surface area contributed by atoms with Crippen molar-refractivity contribution in [3.63, 3.8) is 0 Å². The normalized spacial score (nSPS) is 27.2. The Kier molecular flexibility index (Phi) is 4.48. The van der Waals surface area contributed by atoms with Gasteiger partial charge in [-0.2, -0.15) is 0 Å². The van der Waals surface area contributed by atoms with E-state index in [1.165, 1.54) is 12.8 Å². The lowest BCUT2D eigenvalue weighted by atomic mass is 10.0. The summed E-state index contributed by atoms with van der Waals surface area (Å²) in [5, 5.41) is 0. The lowest BCUT2D eigenvalue weighted by Crippen LogP contribution is -2.50. The number of piperidine rings is 1. The van der Waals surface area contributed by atoms with Crippen LogP contribution in [0.1, 0.15) is 44.9 Å². The van der Waals surface area contributed by atoms with E-state index in [1.807, 2.05) is 16.8 Å². The van der Waals surface area contributed by atoms with E-state index < -0.39 is 0 Å². The Morgan fingerprint density at radius 1 is 1.19 bits per heavy atom. The Balaban J connectivity index is 1.55. The topological polar surface area (TPSA) is 43.9 Å². The van der Waals surface area contributed by atoms with Crippen LogP contribution in [0.15, 0.2) is 0 Å². The molecule has 0 N–H and O–H groups in total. The average Bonchev–Trinajstić information content (AvgIpc) is 3.25. The number of nitrogens with zero attached hydrogens (tertiary/aromatic N) is 3. The smallest absolute Gasteiger partial charge is 0.236 e. The van der Waals surface area contributed by atoms with Crippen molar-refractivity contribution in [2.75, 3.05) is 33.2 Å². The lowest BCUT2D eigenvalue weighted by Gasteiger charge is -2.38. The van der Waals surface area contributed by atoms with Crippen LogP contribution in [0.5, 0.6) is 0 Å². The molecule has 1 saturated carbocycles. The van der Waals surface area contributed by atoms with Crippen LogP contribution < -0.4 is 0 Å². The van der Waals surface area contributed by atoms with E-state index in [9.17, 15) is 9.59 Å². The second kappa shape index (κ2) is 6.34. The zero-order chi connectivity index (χ0) is 14.8. The Bertz CT molecular complexity index is 408. The fraction of sp³-hybridized carbons (Fsp3) is 0.875. The summed E-state index contributed by atoms with van der Waals surface area (Å²) in [5.74, 6) is 0.541. The number of carbonyl (C=O) groups is 2. The first-order chi connectivity index (χ1) is 10.1. The van der Waals surface area contributed by atoms with Crippen molar-refractivity contribution in [3.8, 4) is 0 Å². The third-order valence-corrected chi connectivity index (χ3v) is 5.18. The zero-order valence-electron chi connectivity index (χ0n) is 13.1. The molecule has 5 heteroatoms. The largest absolute Gasteiger partial charge is 0.342 e. The van der Waals surface area contributed by atoms with Crippen molar-refractivity contribution >= 4 is 11.8 Å². The summed E-state index contributed by atoms with van der Waals surface area (Å²) in [4.78, 5) is 30.4. The number of hydrogen-bond acceptors (Lipinski definition) is 3. The van der Waals surface area contributed by atoms with Gasteiger partial charge >= 0.3 is 0 Å². The Labute approximate surface area is 127 Å². The van der Waals surface area contributed by atoms with Gasteiger partial charge in [-0.3, -0.25) is 14.5 Å². The predicted molar refractivity (Wildman–Crippen MR) is 80.8 cm³/mol. The average molecular weight is 293 g/mol. The van der Waals surface area contributed by atoms with Crippen molar-refractivity contribution in [2.45, 2.75) is 57.0 Å². The maximum atomic E-state index is 12.3. The van der Waals surface area contributed by atoms with Gasteiger partial charge < -0.3 is 9.80 Å². The first-order valence-corrected chi connectivity index (χ1v) is 8.42. The van der Waals surface area contributed by atoms with E-state index in [2.05, 4.69) is 4.90 Å². The molecule has 5 nitrogen and oxygen atoms in total. The van der Waals surface area contributed by atoms with Gasteiger partial charge in [-0.25, -0.2) is 0 Å². The number of amides is 2. The van der Waals surface area contributed by atoms with Crippen molar-refractivity contribution in [3.05, 3.63) is 0 Å². The van der Waals surface area contributed by atoms with Gasteiger partial charge in [0.15, 0.2) is 0 Å². The van der Waals surface area contributed by atoms with Crippen LogP contribution in [0.3, 0.4) is 0 Å². The molecule has 2 saturated heterocycles. The maximum Gasteiger partial charge on any atom is 0.236 e. The predicted octanol–water partition coefficient (Wildman–Crippen LogP) is 1.08. The van der Waals surface area contributed by atoms with Gasteiger partial charge in [0, 0.05) is 38.6 Å². The highest BCUT2D eigenvalue weighted by molar-refractivity contribution is 5.79. The van der Waals surface area contributed by atoms with Gasteiger partial charge in [0.25, 0.3) is 0 Å². The molecule has 0 spiro atoms. The molecule has 3 aliphatic rings. The summed E-state index contributed by atoms with van der Waals surface area (Å²) in [6, 6.07) is 0.859. The Hall–Kier alpha value is -1.10. The summed E-state index contributed by atoms with van der Waals surface area (Å²) in [5.41, 5.74) is 0. The van der Waals surface area contributed by atoms with Crippen LogP contribution in [-0.4, -0.2) is 71.8 Å². The molecule has 21 heavy (non-hydrogen) atoms. The second-order valence-electron chi connectivity index (χ2n) is 6.80. The molecule has 0 aromatic heterocycles. The molecular formula is C16H27N3O2. The van der Waals surface area contributed by atoms with Crippen molar-refractivity contribution in [2.24, 2.45) is 0 Å². The van der Waals surface area contributed by atoms with Crippen molar-refractivity contribution in [1.82, 2.24) is 14.7 Å². The summed E-state index contributed by atoms with van der Waals surface area (Å²) in [7, 11) is 1.93. The van der Waals surface area contributed by atoms with E-state index in [0.29, 0.717) is 31.0 Å². The zero-order valence-corrected chi connectivity index (χ0v) is 13.1. The number of carbonyl (C=O) groups excluding carboxylic acids is 2. The molecule has 2 aliphatic heterocycles. The molecule has 2 heterocycles. The number of hydrogen-bond donors (Lipinski definition) is 0. The summed E-state index contributed by atoms with van der Waals surface area (Å²) < 4.78 is 0. The van der Waals surface area contributed by atoms with Crippen LogP contribution in [0.4, 0.5) is 0 Å². The molecule has 118 valence electrons. The fourth-order valence-electron chi connectivity index (χ4n) is 3.58. The monoisotopic (exact) mass is 293 g/mol. The van der Waals surface area contributed by atoms with E-state index in [4.69, 9.17) is 0 Å². The number of likely N-dealkylation sites (N-methyl/N-ethyl adjacent to an activating group) is 1. The standard InChI is InChI=1S/C16H27N3O2/c1-17(13-7-8-13)16(21)12-18-9-3-2-5-14(18)11-19-10-4-6-15(19)20/h13-14H,2-12H2,1H3/t14-/m1/s1. The minimum absolute atomic E-state index is 0.247.